The van der Waals surface area contributed by atoms with Gasteiger partial charge in [0.1, 0.15) is 5.69 Å². The number of para-hydroxylation sites is 1. The molecule has 4 rings (SSSR count). The lowest BCUT2D eigenvalue weighted by Crippen LogP contribution is -2.24. The molecule has 132 valence electrons. The number of amides is 1. The van der Waals surface area contributed by atoms with Crippen LogP contribution in [0.2, 0.25) is 0 Å². The minimum atomic E-state index is -0.277. The van der Waals surface area contributed by atoms with Gasteiger partial charge in [-0.1, -0.05) is 24.3 Å². The van der Waals surface area contributed by atoms with Gasteiger partial charge in [0.2, 0.25) is 5.95 Å². The summed E-state index contributed by atoms with van der Waals surface area (Å²) in [5, 5.41) is 6.98. The lowest BCUT2D eigenvalue weighted by molar-refractivity contribution is 0.0946. The molecule has 0 saturated heterocycles. The van der Waals surface area contributed by atoms with Gasteiger partial charge in [-0.3, -0.25) is 14.8 Å². The molecule has 4 aromatic rings. The van der Waals surface area contributed by atoms with Crippen molar-refractivity contribution >= 4 is 28.4 Å². The zero-order valence-corrected chi connectivity index (χ0v) is 14.3. The lowest BCUT2D eigenvalue weighted by atomic mass is 10.2. The van der Waals surface area contributed by atoms with Crippen molar-refractivity contribution in [3.8, 4) is 0 Å². The minimum absolute atomic E-state index is 0.277. The van der Waals surface area contributed by atoms with Crippen molar-refractivity contribution in [3.63, 3.8) is 0 Å². The van der Waals surface area contributed by atoms with Crippen LogP contribution in [-0.4, -0.2) is 25.8 Å². The Morgan fingerprint density at radius 1 is 0.926 bits per heavy atom. The SMILES string of the molecule is O=C(NCc1cccnc1)c1ccnc(Nc2cccc3cccnc23)n1. The number of pyridine rings is 2. The average molecular weight is 356 g/mol. The van der Waals surface area contributed by atoms with Gasteiger partial charge in [-0.2, -0.15) is 0 Å². The van der Waals surface area contributed by atoms with Gasteiger partial charge in [-0.15, -0.1) is 0 Å². The van der Waals surface area contributed by atoms with Crippen LogP contribution in [0.25, 0.3) is 10.9 Å². The molecule has 0 aliphatic heterocycles. The summed E-state index contributed by atoms with van der Waals surface area (Å²) >= 11 is 0. The molecule has 1 aromatic carbocycles. The van der Waals surface area contributed by atoms with Crippen LogP contribution >= 0.6 is 0 Å². The number of nitrogens with zero attached hydrogens (tertiary/aromatic N) is 4. The van der Waals surface area contributed by atoms with E-state index < -0.39 is 0 Å². The van der Waals surface area contributed by atoms with Crippen LogP contribution in [-0.2, 0) is 6.54 Å². The quantitative estimate of drug-likeness (QED) is 0.571. The van der Waals surface area contributed by atoms with E-state index in [-0.39, 0.29) is 11.6 Å². The predicted octanol–water partition coefficient (Wildman–Crippen LogP) is 3.09. The Morgan fingerprint density at radius 2 is 1.81 bits per heavy atom. The maximum Gasteiger partial charge on any atom is 0.270 e. The molecule has 0 bridgehead atoms. The molecule has 3 aromatic heterocycles. The first kappa shape index (κ1) is 16.6. The fraction of sp³-hybridized carbons (Fsp3) is 0.0500. The van der Waals surface area contributed by atoms with Crippen molar-refractivity contribution in [1.82, 2.24) is 25.3 Å². The van der Waals surface area contributed by atoms with Crippen molar-refractivity contribution in [2.75, 3.05) is 5.32 Å². The maximum atomic E-state index is 12.4. The number of rotatable bonds is 5. The summed E-state index contributed by atoms with van der Waals surface area (Å²) < 4.78 is 0. The third-order valence-corrected chi connectivity index (χ3v) is 3.94. The molecule has 27 heavy (non-hydrogen) atoms. The number of anilines is 2. The van der Waals surface area contributed by atoms with Gasteiger partial charge in [0, 0.05) is 36.7 Å². The molecule has 3 heterocycles. The maximum absolute atomic E-state index is 12.4. The van der Waals surface area contributed by atoms with Crippen molar-refractivity contribution in [2.45, 2.75) is 6.54 Å². The standard InChI is InChI=1S/C20H16N6O/c27-19(24-13-14-4-2-9-21-12-14)17-8-11-23-20(26-17)25-16-7-1-5-15-6-3-10-22-18(15)16/h1-12H,13H2,(H,24,27)(H,23,25,26). The largest absolute Gasteiger partial charge is 0.347 e. The summed E-state index contributed by atoms with van der Waals surface area (Å²) in [6.45, 7) is 0.382. The van der Waals surface area contributed by atoms with Crippen LogP contribution in [0.5, 0.6) is 0 Å². The Bertz CT molecular complexity index is 1080. The predicted molar refractivity (Wildman–Crippen MR) is 102 cm³/mol. The molecule has 0 saturated carbocycles. The molecule has 0 aliphatic rings. The monoisotopic (exact) mass is 356 g/mol. The summed E-state index contributed by atoms with van der Waals surface area (Å²) in [6, 6.07) is 15.0. The Hall–Kier alpha value is -3.87. The molecule has 0 radical (unpaired) electrons. The van der Waals surface area contributed by atoms with E-state index in [0.29, 0.717) is 12.5 Å². The Labute approximate surface area is 155 Å². The van der Waals surface area contributed by atoms with E-state index in [1.54, 1.807) is 30.9 Å². The third-order valence-electron chi connectivity index (χ3n) is 3.94. The number of hydrogen-bond donors (Lipinski definition) is 2. The first-order valence-electron chi connectivity index (χ1n) is 8.40. The van der Waals surface area contributed by atoms with E-state index in [0.717, 1.165) is 22.2 Å². The van der Waals surface area contributed by atoms with E-state index in [1.807, 2.05) is 42.5 Å². The topological polar surface area (TPSA) is 92.7 Å². The molecule has 0 fully saturated rings. The van der Waals surface area contributed by atoms with Crippen LogP contribution < -0.4 is 10.6 Å². The van der Waals surface area contributed by atoms with E-state index in [1.165, 1.54) is 0 Å². The smallest absolute Gasteiger partial charge is 0.270 e. The average Bonchev–Trinajstić information content (AvgIpc) is 2.73. The lowest BCUT2D eigenvalue weighted by Gasteiger charge is -2.09. The second-order valence-corrected chi connectivity index (χ2v) is 5.82. The second-order valence-electron chi connectivity index (χ2n) is 5.82. The molecule has 1 amide bonds. The van der Waals surface area contributed by atoms with Gasteiger partial charge < -0.3 is 10.6 Å². The summed E-state index contributed by atoms with van der Waals surface area (Å²) in [5.74, 6) is 0.0579. The van der Waals surface area contributed by atoms with Gasteiger partial charge in [0.05, 0.1) is 11.2 Å². The van der Waals surface area contributed by atoms with Crippen molar-refractivity contribution in [3.05, 3.63) is 84.6 Å². The molecule has 0 atom stereocenters. The van der Waals surface area contributed by atoms with Crippen molar-refractivity contribution in [1.29, 1.82) is 0 Å². The van der Waals surface area contributed by atoms with Crippen molar-refractivity contribution < 1.29 is 4.79 Å². The first-order chi connectivity index (χ1) is 13.3. The highest BCUT2D eigenvalue weighted by atomic mass is 16.1. The van der Waals surface area contributed by atoms with Crippen LogP contribution in [0.4, 0.5) is 11.6 Å². The molecule has 7 nitrogen and oxygen atoms in total. The van der Waals surface area contributed by atoms with Gasteiger partial charge in [0.25, 0.3) is 5.91 Å². The molecular weight excluding hydrogens is 340 g/mol. The molecule has 2 N–H and O–H groups in total. The van der Waals surface area contributed by atoms with Crippen LogP contribution in [0.3, 0.4) is 0 Å². The molecule has 0 unspecified atom stereocenters. The van der Waals surface area contributed by atoms with E-state index >= 15 is 0 Å². The Morgan fingerprint density at radius 3 is 2.70 bits per heavy atom. The van der Waals surface area contributed by atoms with Gasteiger partial charge in [-0.05, 0) is 29.8 Å². The minimum Gasteiger partial charge on any atom is -0.347 e. The number of nitrogens with one attached hydrogen (secondary N) is 2. The highest BCUT2D eigenvalue weighted by molar-refractivity contribution is 5.93. The first-order valence-corrected chi connectivity index (χ1v) is 8.40. The van der Waals surface area contributed by atoms with E-state index in [4.69, 9.17) is 0 Å². The fourth-order valence-corrected chi connectivity index (χ4v) is 2.65. The zero-order chi connectivity index (χ0) is 18.5. The van der Waals surface area contributed by atoms with Gasteiger partial charge >= 0.3 is 0 Å². The molecular formula is C20H16N6O. The number of aromatic nitrogens is 4. The Kier molecular flexibility index (Phi) is 4.65. The van der Waals surface area contributed by atoms with Crippen LogP contribution in [0.15, 0.2) is 73.3 Å². The second kappa shape index (κ2) is 7.57. The van der Waals surface area contributed by atoms with E-state index in [9.17, 15) is 4.79 Å². The highest BCUT2D eigenvalue weighted by Crippen LogP contribution is 2.22. The number of carbonyl (C=O) groups is 1. The summed E-state index contributed by atoms with van der Waals surface area (Å²) in [4.78, 5) is 29.3. The Balaban J connectivity index is 1.51. The number of carbonyl (C=O) groups excluding carboxylic acids is 1. The van der Waals surface area contributed by atoms with E-state index in [2.05, 4.69) is 30.6 Å². The van der Waals surface area contributed by atoms with Crippen LogP contribution in [0, 0.1) is 0 Å². The fourth-order valence-electron chi connectivity index (χ4n) is 2.65. The molecule has 7 heteroatoms. The summed E-state index contributed by atoms with van der Waals surface area (Å²) in [5.41, 5.74) is 2.79. The van der Waals surface area contributed by atoms with Gasteiger partial charge in [-0.25, -0.2) is 9.97 Å². The van der Waals surface area contributed by atoms with Crippen LogP contribution in [0.1, 0.15) is 16.1 Å². The van der Waals surface area contributed by atoms with Crippen molar-refractivity contribution in [2.24, 2.45) is 0 Å². The normalized spacial score (nSPS) is 10.5. The third kappa shape index (κ3) is 3.87. The highest BCUT2D eigenvalue weighted by Gasteiger charge is 2.10. The number of fused-ring (bicyclic) bond motifs is 1. The molecule has 0 aliphatic carbocycles. The zero-order valence-electron chi connectivity index (χ0n) is 14.3. The number of benzene rings is 1. The summed E-state index contributed by atoms with van der Waals surface area (Å²) in [6.07, 6.45) is 6.68. The van der Waals surface area contributed by atoms with Gasteiger partial charge in [0.15, 0.2) is 0 Å². The summed E-state index contributed by atoms with van der Waals surface area (Å²) in [7, 11) is 0. The number of hydrogen-bond acceptors (Lipinski definition) is 6. The molecule has 0 spiro atoms.